The quantitative estimate of drug-likeness (QED) is 0.720. The average Bonchev–Trinajstić information content (AvgIpc) is 2.97. The van der Waals surface area contributed by atoms with Gasteiger partial charge in [0.25, 0.3) is 8.32 Å². The number of ether oxygens (including phenoxy) is 2. The van der Waals surface area contributed by atoms with Crippen LogP contribution in [0.15, 0.2) is 60.7 Å². The molecule has 1 heterocycles. The molecule has 1 saturated heterocycles. The highest BCUT2D eigenvalue weighted by Crippen LogP contribution is 2.37. The summed E-state index contributed by atoms with van der Waals surface area (Å²) in [6.45, 7) is 6.75. The molecule has 0 bridgehead atoms. The molecule has 152 valence electrons. The minimum Gasteiger partial charge on any atom is -0.405 e. The van der Waals surface area contributed by atoms with E-state index in [1.54, 1.807) is 0 Å². The number of hydrogen-bond acceptors (Lipinski definition) is 5. The molecule has 4 atom stereocenters. The molecule has 0 radical (unpaired) electrons. The lowest BCUT2D eigenvalue weighted by molar-refractivity contribution is -0.152. The normalized spacial score (nSPS) is 25.8. The lowest BCUT2D eigenvalue weighted by Crippen LogP contribution is -2.67. The number of hydrogen-bond donors (Lipinski definition) is 2. The summed E-state index contributed by atoms with van der Waals surface area (Å²) in [5.41, 5.74) is 0. The highest BCUT2D eigenvalue weighted by molar-refractivity contribution is 6.99. The third kappa shape index (κ3) is 3.81. The molecular formula is C22H30O5Si. The second-order valence-corrected chi connectivity index (χ2v) is 12.5. The molecule has 0 saturated carbocycles. The summed E-state index contributed by atoms with van der Waals surface area (Å²) in [7, 11) is -1.26. The van der Waals surface area contributed by atoms with Gasteiger partial charge in [0, 0.05) is 7.11 Å². The maximum Gasteiger partial charge on any atom is 0.261 e. The SMILES string of the molecule is CO[C@@H]1O[C@H](CO[Si](c2ccccc2)(c2ccccc2)C(C)(C)C)C(O)C1O. The molecule has 2 aromatic rings. The lowest BCUT2D eigenvalue weighted by atomic mass is 10.1. The average molecular weight is 403 g/mol. The van der Waals surface area contributed by atoms with Gasteiger partial charge in [-0.2, -0.15) is 0 Å². The van der Waals surface area contributed by atoms with Crippen molar-refractivity contribution < 1.29 is 24.1 Å². The van der Waals surface area contributed by atoms with E-state index in [9.17, 15) is 10.2 Å². The topological polar surface area (TPSA) is 68.2 Å². The van der Waals surface area contributed by atoms with E-state index in [0.717, 1.165) is 10.4 Å². The van der Waals surface area contributed by atoms with Gasteiger partial charge in [0.1, 0.15) is 18.3 Å². The molecule has 1 fully saturated rings. The summed E-state index contributed by atoms with van der Waals surface area (Å²) in [5, 5.41) is 22.6. The minimum absolute atomic E-state index is 0.168. The van der Waals surface area contributed by atoms with Crippen molar-refractivity contribution in [1.29, 1.82) is 0 Å². The Labute approximate surface area is 168 Å². The summed E-state index contributed by atoms with van der Waals surface area (Å²) in [6, 6.07) is 20.6. The lowest BCUT2D eigenvalue weighted by Gasteiger charge is -2.43. The van der Waals surface area contributed by atoms with Crippen molar-refractivity contribution in [3.05, 3.63) is 60.7 Å². The second kappa shape index (κ2) is 8.45. The molecule has 1 aliphatic heterocycles. The van der Waals surface area contributed by atoms with Crippen LogP contribution in [0.5, 0.6) is 0 Å². The van der Waals surface area contributed by atoms with Crippen molar-refractivity contribution in [3.63, 3.8) is 0 Å². The zero-order valence-corrected chi connectivity index (χ0v) is 17.9. The third-order valence-corrected chi connectivity index (χ3v) is 10.4. The van der Waals surface area contributed by atoms with Gasteiger partial charge in [-0.3, -0.25) is 0 Å². The van der Waals surface area contributed by atoms with Gasteiger partial charge in [-0.05, 0) is 15.4 Å². The van der Waals surface area contributed by atoms with Crippen molar-refractivity contribution in [2.24, 2.45) is 0 Å². The van der Waals surface area contributed by atoms with Crippen LogP contribution >= 0.6 is 0 Å². The van der Waals surface area contributed by atoms with E-state index >= 15 is 0 Å². The van der Waals surface area contributed by atoms with Gasteiger partial charge in [0.15, 0.2) is 6.29 Å². The fourth-order valence-corrected chi connectivity index (χ4v) is 8.59. The van der Waals surface area contributed by atoms with Crippen molar-refractivity contribution in [2.75, 3.05) is 13.7 Å². The predicted molar refractivity (Wildman–Crippen MR) is 111 cm³/mol. The summed E-state index contributed by atoms with van der Waals surface area (Å²) in [4.78, 5) is 0. The highest BCUT2D eigenvalue weighted by atomic mass is 28.4. The summed E-state index contributed by atoms with van der Waals surface area (Å²) >= 11 is 0. The molecule has 2 unspecified atom stereocenters. The maximum atomic E-state index is 10.4. The van der Waals surface area contributed by atoms with Crippen LogP contribution in [0.25, 0.3) is 0 Å². The van der Waals surface area contributed by atoms with Gasteiger partial charge in [-0.25, -0.2) is 0 Å². The molecule has 28 heavy (non-hydrogen) atoms. The fourth-order valence-electron chi connectivity index (χ4n) is 4.02. The molecule has 1 aliphatic rings. The van der Waals surface area contributed by atoms with Crippen molar-refractivity contribution in [2.45, 2.75) is 50.4 Å². The highest BCUT2D eigenvalue weighted by Gasteiger charge is 2.52. The molecule has 0 aliphatic carbocycles. The van der Waals surface area contributed by atoms with Crippen molar-refractivity contribution in [1.82, 2.24) is 0 Å². The van der Waals surface area contributed by atoms with Crippen LogP contribution in [-0.2, 0) is 13.9 Å². The van der Waals surface area contributed by atoms with Gasteiger partial charge in [0.05, 0.1) is 6.61 Å². The number of rotatable bonds is 6. The van der Waals surface area contributed by atoms with E-state index in [-0.39, 0.29) is 11.6 Å². The van der Waals surface area contributed by atoms with Gasteiger partial charge in [-0.15, -0.1) is 0 Å². The third-order valence-electron chi connectivity index (χ3n) is 5.43. The molecule has 2 N–H and O–H groups in total. The van der Waals surface area contributed by atoms with Gasteiger partial charge in [0.2, 0.25) is 0 Å². The number of methoxy groups -OCH3 is 1. The van der Waals surface area contributed by atoms with Crippen LogP contribution in [-0.4, -0.2) is 56.8 Å². The Hall–Kier alpha value is -1.54. The van der Waals surface area contributed by atoms with E-state index in [4.69, 9.17) is 13.9 Å². The monoisotopic (exact) mass is 402 g/mol. The van der Waals surface area contributed by atoms with Crippen LogP contribution in [0.1, 0.15) is 20.8 Å². The van der Waals surface area contributed by atoms with Crippen LogP contribution in [0, 0.1) is 0 Å². The Morgan fingerprint density at radius 1 is 0.893 bits per heavy atom. The molecule has 0 aromatic heterocycles. The fraction of sp³-hybridized carbons (Fsp3) is 0.455. The van der Waals surface area contributed by atoms with Gasteiger partial charge >= 0.3 is 0 Å². The van der Waals surface area contributed by atoms with Crippen LogP contribution in [0.2, 0.25) is 5.04 Å². The van der Waals surface area contributed by atoms with Crippen LogP contribution in [0.3, 0.4) is 0 Å². The minimum atomic E-state index is -2.71. The first-order chi connectivity index (χ1) is 13.3. The first-order valence-electron chi connectivity index (χ1n) is 9.60. The summed E-state index contributed by atoms with van der Waals surface area (Å²) in [6.07, 6.45) is -3.63. The van der Waals surface area contributed by atoms with E-state index in [1.807, 2.05) is 36.4 Å². The summed E-state index contributed by atoms with van der Waals surface area (Å²) in [5.74, 6) is 0. The molecule has 5 nitrogen and oxygen atoms in total. The molecule has 3 rings (SSSR count). The summed E-state index contributed by atoms with van der Waals surface area (Å²) < 4.78 is 17.6. The van der Waals surface area contributed by atoms with E-state index in [1.165, 1.54) is 7.11 Å². The van der Waals surface area contributed by atoms with Crippen LogP contribution in [0.4, 0.5) is 0 Å². The largest absolute Gasteiger partial charge is 0.405 e. The van der Waals surface area contributed by atoms with Gasteiger partial charge in [-0.1, -0.05) is 81.4 Å². The Morgan fingerprint density at radius 3 is 1.79 bits per heavy atom. The Kier molecular flexibility index (Phi) is 6.39. The Morgan fingerprint density at radius 2 is 1.39 bits per heavy atom. The number of aliphatic hydroxyl groups excluding tert-OH is 2. The first-order valence-corrected chi connectivity index (χ1v) is 11.5. The molecule has 0 amide bonds. The zero-order chi connectivity index (χ0) is 20.4. The Balaban J connectivity index is 2.00. The standard InChI is InChI=1S/C22H30O5Si/c1-22(2,3)28(16-11-7-5-8-12-16,17-13-9-6-10-14-17)26-15-18-19(23)20(24)21(25-4)27-18/h5-14,18-21,23-24H,15H2,1-4H3/t18-,19?,20?,21-/m1/s1. The molecular weight excluding hydrogens is 372 g/mol. The van der Waals surface area contributed by atoms with E-state index < -0.39 is 32.9 Å². The smallest absolute Gasteiger partial charge is 0.261 e. The second-order valence-electron chi connectivity index (χ2n) is 8.23. The van der Waals surface area contributed by atoms with E-state index in [0.29, 0.717) is 0 Å². The molecule has 6 heteroatoms. The van der Waals surface area contributed by atoms with Gasteiger partial charge < -0.3 is 24.1 Å². The molecule has 0 spiro atoms. The van der Waals surface area contributed by atoms with E-state index in [2.05, 4.69) is 45.0 Å². The molecule has 2 aromatic carbocycles. The van der Waals surface area contributed by atoms with Crippen molar-refractivity contribution >= 4 is 18.7 Å². The maximum absolute atomic E-state index is 10.4. The predicted octanol–water partition coefficient (Wildman–Crippen LogP) is 1.66. The zero-order valence-electron chi connectivity index (χ0n) is 16.9. The van der Waals surface area contributed by atoms with Crippen molar-refractivity contribution in [3.8, 4) is 0 Å². The number of aliphatic hydroxyl groups is 2. The number of benzene rings is 2. The van der Waals surface area contributed by atoms with Crippen LogP contribution < -0.4 is 10.4 Å². The first kappa shape index (κ1) is 21.2. The Bertz CT molecular complexity index is 707.